The number of hydrogen-bond donors (Lipinski definition) is 1. The highest BCUT2D eigenvalue weighted by Gasteiger charge is 2.66. The Morgan fingerprint density at radius 2 is 1.89 bits per heavy atom. The number of hydrogen-bond acceptors (Lipinski definition) is 3. The normalized spacial score (nSPS) is 20.4. The number of rotatable bonds is 1. The molecule has 0 bridgehead atoms. The van der Waals surface area contributed by atoms with Gasteiger partial charge in [0.1, 0.15) is 11.6 Å². The number of imidazole rings is 1. The summed E-state index contributed by atoms with van der Waals surface area (Å²) < 4.78 is 2.09. The first-order valence-electron chi connectivity index (χ1n) is 6.49. The van der Waals surface area contributed by atoms with Crippen molar-refractivity contribution in [3.8, 4) is 6.07 Å². The Labute approximate surface area is 112 Å². The highest BCUT2D eigenvalue weighted by atomic mass is 15.2. The Bertz CT molecular complexity index is 702. The molecule has 0 saturated heterocycles. The van der Waals surface area contributed by atoms with Crippen LogP contribution in [0, 0.1) is 22.2 Å². The summed E-state index contributed by atoms with van der Waals surface area (Å²) in [6.07, 6.45) is 0. The summed E-state index contributed by atoms with van der Waals surface area (Å²) in [4.78, 5) is 4.39. The Hall–Kier alpha value is -2.02. The average molecular weight is 254 g/mol. The van der Waals surface area contributed by atoms with Gasteiger partial charge >= 0.3 is 0 Å². The predicted molar refractivity (Wildman–Crippen MR) is 75.5 cm³/mol. The second-order valence-electron chi connectivity index (χ2n) is 6.47. The van der Waals surface area contributed by atoms with Gasteiger partial charge in [-0.05, 0) is 23.0 Å². The van der Waals surface area contributed by atoms with Crippen LogP contribution in [-0.2, 0) is 0 Å². The topological polar surface area (TPSA) is 67.6 Å². The molecule has 1 heterocycles. The van der Waals surface area contributed by atoms with Crippen molar-refractivity contribution in [1.82, 2.24) is 9.55 Å². The van der Waals surface area contributed by atoms with Crippen LogP contribution in [0.15, 0.2) is 18.2 Å². The van der Waals surface area contributed by atoms with Crippen molar-refractivity contribution >= 4 is 17.0 Å². The second-order valence-corrected chi connectivity index (χ2v) is 6.47. The van der Waals surface area contributed by atoms with Gasteiger partial charge in [0.15, 0.2) is 0 Å². The van der Waals surface area contributed by atoms with E-state index in [4.69, 9.17) is 11.0 Å². The maximum absolute atomic E-state index is 9.16. The molecule has 2 aromatic rings. The SMILES string of the molecule is CC1(C)C(n2c(N)nc3c(C#N)cccc32)C1(C)C. The monoisotopic (exact) mass is 254 g/mol. The quantitative estimate of drug-likeness (QED) is 0.850. The lowest BCUT2D eigenvalue weighted by atomic mass is 10.0. The highest BCUT2D eigenvalue weighted by Crippen LogP contribution is 2.72. The number of anilines is 1. The van der Waals surface area contributed by atoms with E-state index in [-0.39, 0.29) is 10.8 Å². The van der Waals surface area contributed by atoms with E-state index in [9.17, 15) is 0 Å². The minimum atomic E-state index is 0.178. The fourth-order valence-corrected chi connectivity index (χ4v) is 3.30. The lowest BCUT2D eigenvalue weighted by molar-refractivity contribution is 0.457. The summed E-state index contributed by atoms with van der Waals surface area (Å²) in [6.45, 7) is 8.99. The predicted octanol–water partition coefficient (Wildman–Crippen LogP) is 3.10. The number of para-hydroxylation sites is 1. The molecule has 0 spiro atoms. The lowest BCUT2D eigenvalue weighted by Crippen LogP contribution is -2.05. The van der Waals surface area contributed by atoms with Crippen LogP contribution in [-0.4, -0.2) is 9.55 Å². The van der Waals surface area contributed by atoms with Crippen LogP contribution in [0.25, 0.3) is 11.0 Å². The first-order valence-corrected chi connectivity index (χ1v) is 6.49. The van der Waals surface area contributed by atoms with Crippen molar-refractivity contribution in [1.29, 1.82) is 5.26 Å². The average Bonchev–Trinajstić information content (AvgIpc) is 2.62. The Morgan fingerprint density at radius 3 is 2.42 bits per heavy atom. The van der Waals surface area contributed by atoms with E-state index in [2.05, 4.69) is 43.3 Å². The zero-order valence-electron chi connectivity index (χ0n) is 11.7. The molecule has 0 radical (unpaired) electrons. The molecule has 2 N–H and O–H groups in total. The minimum Gasteiger partial charge on any atom is -0.369 e. The maximum Gasteiger partial charge on any atom is 0.201 e. The molecule has 1 aliphatic rings. The van der Waals surface area contributed by atoms with Gasteiger partial charge in [0, 0.05) is 6.04 Å². The van der Waals surface area contributed by atoms with Crippen LogP contribution in [0.5, 0.6) is 0 Å². The van der Waals surface area contributed by atoms with Crippen molar-refractivity contribution in [3.63, 3.8) is 0 Å². The molecule has 1 aliphatic carbocycles. The molecule has 98 valence electrons. The molecule has 1 saturated carbocycles. The van der Waals surface area contributed by atoms with Crippen molar-refractivity contribution in [2.45, 2.75) is 33.7 Å². The third-order valence-electron chi connectivity index (χ3n) is 5.07. The van der Waals surface area contributed by atoms with Crippen molar-refractivity contribution in [3.05, 3.63) is 23.8 Å². The third kappa shape index (κ3) is 1.30. The zero-order chi connectivity index (χ0) is 14.0. The molecule has 3 rings (SSSR count). The number of aromatic nitrogens is 2. The second kappa shape index (κ2) is 3.30. The molecule has 0 atom stereocenters. The largest absolute Gasteiger partial charge is 0.369 e. The van der Waals surface area contributed by atoms with Crippen molar-refractivity contribution < 1.29 is 0 Å². The number of nitrogens with two attached hydrogens (primary N) is 1. The minimum absolute atomic E-state index is 0.178. The van der Waals surface area contributed by atoms with Crippen LogP contribution < -0.4 is 5.73 Å². The molecule has 0 aliphatic heterocycles. The smallest absolute Gasteiger partial charge is 0.201 e. The summed E-state index contributed by atoms with van der Waals surface area (Å²) in [5.74, 6) is 0.501. The van der Waals surface area contributed by atoms with E-state index in [1.165, 1.54) is 0 Å². The van der Waals surface area contributed by atoms with Crippen LogP contribution in [0.2, 0.25) is 0 Å². The zero-order valence-corrected chi connectivity index (χ0v) is 11.7. The summed E-state index contributed by atoms with van der Waals surface area (Å²) in [6, 6.07) is 8.16. The third-order valence-corrected chi connectivity index (χ3v) is 5.07. The van der Waals surface area contributed by atoms with E-state index in [0.717, 1.165) is 5.52 Å². The van der Waals surface area contributed by atoms with E-state index in [0.29, 0.717) is 23.1 Å². The maximum atomic E-state index is 9.16. The van der Waals surface area contributed by atoms with Crippen LogP contribution in [0.1, 0.15) is 39.3 Å². The molecule has 19 heavy (non-hydrogen) atoms. The Balaban J connectivity index is 2.28. The molecule has 0 unspecified atom stereocenters. The standard InChI is InChI=1S/C15H18N4/c1-14(2)12(15(14,3)4)19-10-7-5-6-9(8-16)11(10)18-13(19)17/h5-7,12H,1-4H3,(H2,17,18). The molecular weight excluding hydrogens is 236 g/mol. The fourth-order valence-electron chi connectivity index (χ4n) is 3.30. The highest BCUT2D eigenvalue weighted by molar-refractivity contribution is 5.84. The van der Waals surface area contributed by atoms with Crippen molar-refractivity contribution in [2.75, 3.05) is 5.73 Å². The van der Waals surface area contributed by atoms with Crippen LogP contribution in [0.4, 0.5) is 5.95 Å². The summed E-state index contributed by atoms with van der Waals surface area (Å²) in [5, 5.41) is 9.16. The van der Waals surface area contributed by atoms with Gasteiger partial charge in [-0.25, -0.2) is 4.98 Å². The van der Waals surface area contributed by atoms with E-state index < -0.39 is 0 Å². The first kappa shape index (κ1) is 12.0. The van der Waals surface area contributed by atoms with Crippen molar-refractivity contribution in [2.24, 2.45) is 10.8 Å². The molecule has 4 nitrogen and oxygen atoms in total. The number of nitriles is 1. The van der Waals surface area contributed by atoms with Gasteiger partial charge in [-0.2, -0.15) is 5.26 Å². The summed E-state index contributed by atoms with van der Waals surface area (Å²) in [5.41, 5.74) is 8.71. The summed E-state index contributed by atoms with van der Waals surface area (Å²) >= 11 is 0. The first-order chi connectivity index (χ1) is 8.82. The number of nitrogens with zero attached hydrogens (tertiary/aromatic N) is 3. The van der Waals surface area contributed by atoms with E-state index in [1.807, 2.05) is 12.1 Å². The molecule has 1 aromatic carbocycles. The molecule has 0 amide bonds. The van der Waals surface area contributed by atoms with Gasteiger partial charge < -0.3 is 10.3 Å². The van der Waals surface area contributed by atoms with E-state index in [1.54, 1.807) is 6.07 Å². The summed E-state index contributed by atoms with van der Waals surface area (Å²) in [7, 11) is 0. The van der Waals surface area contributed by atoms with Gasteiger partial charge in [-0.3, -0.25) is 0 Å². The van der Waals surface area contributed by atoms with Gasteiger partial charge in [0.05, 0.1) is 11.1 Å². The molecule has 1 fully saturated rings. The Morgan fingerprint density at radius 1 is 1.26 bits per heavy atom. The van der Waals surface area contributed by atoms with E-state index >= 15 is 0 Å². The lowest BCUT2D eigenvalue weighted by Gasteiger charge is -2.08. The number of benzene rings is 1. The number of fused-ring (bicyclic) bond motifs is 1. The van der Waals surface area contributed by atoms with Crippen LogP contribution >= 0.6 is 0 Å². The molecular formula is C15H18N4. The van der Waals surface area contributed by atoms with Crippen LogP contribution in [0.3, 0.4) is 0 Å². The fraction of sp³-hybridized carbons (Fsp3) is 0.467. The molecule has 4 heteroatoms. The van der Waals surface area contributed by atoms with Gasteiger partial charge in [-0.15, -0.1) is 0 Å². The van der Waals surface area contributed by atoms with Gasteiger partial charge in [-0.1, -0.05) is 33.8 Å². The van der Waals surface area contributed by atoms with Gasteiger partial charge in [0.25, 0.3) is 0 Å². The Kier molecular flexibility index (Phi) is 2.09. The molecule has 1 aromatic heterocycles. The van der Waals surface area contributed by atoms with Gasteiger partial charge in [0.2, 0.25) is 5.95 Å². The number of nitrogen functional groups attached to an aromatic ring is 1.